The molecule has 1 aromatic heterocycles. The van der Waals surface area contributed by atoms with Crippen molar-refractivity contribution in [3.05, 3.63) is 28.8 Å². The number of hydrogen-bond donors (Lipinski definition) is 2. The van der Waals surface area contributed by atoms with Gasteiger partial charge in [-0.05, 0) is 49.5 Å². The van der Waals surface area contributed by atoms with Crippen molar-refractivity contribution in [1.29, 1.82) is 0 Å². The van der Waals surface area contributed by atoms with Crippen LogP contribution in [0.4, 0.5) is 10.8 Å². The molecule has 1 heterocycles. The van der Waals surface area contributed by atoms with Crippen molar-refractivity contribution < 1.29 is 9.47 Å². The van der Waals surface area contributed by atoms with Crippen molar-refractivity contribution in [2.24, 2.45) is 5.92 Å². The normalized spacial score (nSPS) is 16.2. The molecule has 1 unspecified atom stereocenters. The number of methoxy groups -OCH3 is 2. The highest BCUT2D eigenvalue weighted by molar-refractivity contribution is 7.80. The molecule has 0 saturated carbocycles. The van der Waals surface area contributed by atoms with Crippen molar-refractivity contribution in [2.45, 2.75) is 26.2 Å². The van der Waals surface area contributed by atoms with Crippen LogP contribution in [0, 0.1) is 5.92 Å². The van der Waals surface area contributed by atoms with Crippen LogP contribution in [-0.2, 0) is 12.8 Å². The van der Waals surface area contributed by atoms with Crippen molar-refractivity contribution >= 4 is 39.5 Å². The maximum Gasteiger partial charge on any atom is 0.189 e. The van der Waals surface area contributed by atoms with Gasteiger partial charge in [0.1, 0.15) is 11.5 Å². The Kier molecular flexibility index (Phi) is 5.20. The van der Waals surface area contributed by atoms with Crippen molar-refractivity contribution in [2.75, 3.05) is 24.9 Å². The van der Waals surface area contributed by atoms with Gasteiger partial charge in [0.15, 0.2) is 10.2 Å². The van der Waals surface area contributed by atoms with E-state index >= 15 is 0 Å². The number of benzene rings is 1. The molecule has 1 atom stereocenters. The molecule has 0 spiro atoms. The first-order valence-corrected chi connectivity index (χ1v) is 9.10. The fraction of sp³-hybridized carbons (Fsp3) is 0.412. The molecule has 1 aromatic carbocycles. The van der Waals surface area contributed by atoms with Gasteiger partial charge in [0.25, 0.3) is 0 Å². The van der Waals surface area contributed by atoms with Crippen LogP contribution in [0.2, 0.25) is 0 Å². The summed E-state index contributed by atoms with van der Waals surface area (Å²) >= 11 is 7.10. The summed E-state index contributed by atoms with van der Waals surface area (Å²) in [4.78, 5) is 6.04. The maximum atomic E-state index is 5.41. The molecule has 0 saturated heterocycles. The molecule has 0 amide bonds. The Morgan fingerprint density at radius 2 is 2.12 bits per heavy atom. The third-order valence-electron chi connectivity index (χ3n) is 4.06. The van der Waals surface area contributed by atoms with E-state index in [2.05, 4.69) is 22.5 Å². The van der Waals surface area contributed by atoms with Crippen LogP contribution < -0.4 is 20.1 Å². The molecule has 0 aliphatic heterocycles. The third-order valence-corrected chi connectivity index (χ3v) is 5.30. The Balaban J connectivity index is 1.68. The monoisotopic (exact) mass is 363 g/mol. The number of nitrogens with zero attached hydrogens (tertiary/aromatic N) is 1. The van der Waals surface area contributed by atoms with Gasteiger partial charge in [0, 0.05) is 10.9 Å². The van der Waals surface area contributed by atoms with E-state index in [-0.39, 0.29) is 0 Å². The first-order chi connectivity index (χ1) is 11.6. The first-order valence-electron chi connectivity index (χ1n) is 7.87. The molecule has 1 aliphatic carbocycles. The molecule has 5 nitrogen and oxygen atoms in total. The van der Waals surface area contributed by atoms with Crippen LogP contribution in [0.3, 0.4) is 0 Å². The number of thiocarbonyl (C=S) groups is 1. The smallest absolute Gasteiger partial charge is 0.189 e. The first kappa shape index (κ1) is 17.0. The van der Waals surface area contributed by atoms with E-state index < -0.39 is 0 Å². The Morgan fingerprint density at radius 3 is 2.88 bits per heavy atom. The fourth-order valence-corrected chi connectivity index (χ4v) is 4.19. The largest absolute Gasteiger partial charge is 0.497 e. The molecule has 2 aromatic rings. The minimum atomic E-state index is 0.498. The summed E-state index contributed by atoms with van der Waals surface area (Å²) in [5, 5.41) is 7.68. The van der Waals surface area contributed by atoms with Gasteiger partial charge in [-0.1, -0.05) is 6.92 Å². The van der Waals surface area contributed by atoms with E-state index in [0.29, 0.717) is 10.9 Å². The molecule has 0 fully saturated rings. The minimum absolute atomic E-state index is 0.498. The SMILES string of the molecule is COc1ccc(NC(=S)Nc2nc3c(s2)CC(C)CC3)c(OC)c1. The predicted octanol–water partition coefficient (Wildman–Crippen LogP) is 4.09. The van der Waals surface area contributed by atoms with Gasteiger partial charge in [0.2, 0.25) is 0 Å². The second-order valence-electron chi connectivity index (χ2n) is 5.88. The average molecular weight is 364 g/mol. The quantitative estimate of drug-likeness (QED) is 0.798. The van der Waals surface area contributed by atoms with Gasteiger partial charge in [-0.15, -0.1) is 11.3 Å². The van der Waals surface area contributed by atoms with E-state index in [4.69, 9.17) is 21.7 Å². The summed E-state index contributed by atoms with van der Waals surface area (Å²) in [6.45, 7) is 2.29. The van der Waals surface area contributed by atoms with E-state index in [1.807, 2.05) is 18.2 Å². The van der Waals surface area contributed by atoms with Gasteiger partial charge >= 0.3 is 0 Å². The molecule has 1 aliphatic rings. The van der Waals surface area contributed by atoms with E-state index in [1.54, 1.807) is 25.6 Å². The molecule has 2 N–H and O–H groups in total. The lowest BCUT2D eigenvalue weighted by Crippen LogP contribution is -2.19. The van der Waals surface area contributed by atoms with Crippen LogP contribution in [-0.4, -0.2) is 24.3 Å². The molecule has 128 valence electrons. The van der Waals surface area contributed by atoms with E-state index in [0.717, 1.165) is 35.3 Å². The number of rotatable bonds is 4. The third kappa shape index (κ3) is 3.79. The zero-order chi connectivity index (χ0) is 17.1. The van der Waals surface area contributed by atoms with Crippen LogP contribution >= 0.6 is 23.6 Å². The van der Waals surface area contributed by atoms with E-state index in [1.165, 1.54) is 17.0 Å². The Bertz CT molecular complexity index is 745. The van der Waals surface area contributed by atoms with E-state index in [9.17, 15) is 0 Å². The molecule has 0 bridgehead atoms. The van der Waals surface area contributed by atoms with Crippen molar-refractivity contribution in [3.8, 4) is 11.5 Å². The lowest BCUT2D eigenvalue weighted by Gasteiger charge is -2.15. The number of thiazole rings is 1. The van der Waals surface area contributed by atoms with Gasteiger partial charge < -0.3 is 20.1 Å². The number of hydrogen-bond acceptors (Lipinski definition) is 5. The highest BCUT2D eigenvalue weighted by Gasteiger charge is 2.20. The molecule has 3 rings (SSSR count). The lowest BCUT2D eigenvalue weighted by molar-refractivity contribution is 0.395. The standard InChI is InChI=1S/C17H21N3O2S2/c1-10-4-6-13-15(8-10)24-17(19-13)20-16(23)18-12-7-5-11(21-2)9-14(12)22-3/h5,7,9-10H,4,6,8H2,1-3H3,(H2,18,19,20,23). The van der Waals surface area contributed by atoms with Crippen LogP contribution in [0.1, 0.15) is 23.9 Å². The second-order valence-corrected chi connectivity index (χ2v) is 7.37. The fourth-order valence-electron chi connectivity index (χ4n) is 2.75. The van der Waals surface area contributed by atoms with Gasteiger partial charge in [0.05, 0.1) is 25.6 Å². The Hall–Kier alpha value is -1.86. The Labute approximate surface area is 151 Å². The summed E-state index contributed by atoms with van der Waals surface area (Å²) in [6, 6.07) is 5.55. The van der Waals surface area contributed by atoms with Gasteiger partial charge in [-0.25, -0.2) is 4.98 Å². The highest BCUT2D eigenvalue weighted by Crippen LogP contribution is 2.33. The maximum absolute atomic E-state index is 5.41. The minimum Gasteiger partial charge on any atom is -0.497 e. The zero-order valence-electron chi connectivity index (χ0n) is 14.0. The summed E-state index contributed by atoms with van der Waals surface area (Å²) < 4.78 is 10.6. The summed E-state index contributed by atoms with van der Waals surface area (Å²) in [6.07, 6.45) is 3.38. The van der Waals surface area contributed by atoms with Gasteiger partial charge in [-0.3, -0.25) is 0 Å². The summed E-state index contributed by atoms with van der Waals surface area (Å²) in [5.41, 5.74) is 2.00. The number of fused-ring (bicyclic) bond motifs is 1. The molecule has 24 heavy (non-hydrogen) atoms. The predicted molar refractivity (Wildman–Crippen MR) is 103 cm³/mol. The number of nitrogens with one attached hydrogen (secondary N) is 2. The van der Waals surface area contributed by atoms with Crippen molar-refractivity contribution in [1.82, 2.24) is 4.98 Å². The van der Waals surface area contributed by atoms with Crippen LogP contribution in [0.25, 0.3) is 0 Å². The summed E-state index contributed by atoms with van der Waals surface area (Å²) in [7, 11) is 3.24. The molecular weight excluding hydrogens is 342 g/mol. The lowest BCUT2D eigenvalue weighted by atomic mass is 9.93. The number of aromatic nitrogens is 1. The number of anilines is 2. The average Bonchev–Trinajstić information content (AvgIpc) is 2.96. The highest BCUT2D eigenvalue weighted by atomic mass is 32.1. The number of aryl methyl sites for hydroxylation is 1. The Morgan fingerprint density at radius 1 is 1.29 bits per heavy atom. The zero-order valence-corrected chi connectivity index (χ0v) is 15.6. The summed E-state index contributed by atoms with van der Waals surface area (Å²) in [5.74, 6) is 2.14. The molecular formula is C17H21N3O2S2. The van der Waals surface area contributed by atoms with Crippen LogP contribution in [0.5, 0.6) is 11.5 Å². The molecule has 0 radical (unpaired) electrons. The van der Waals surface area contributed by atoms with Crippen molar-refractivity contribution in [3.63, 3.8) is 0 Å². The topological polar surface area (TPSA) is 55.4 Å². The number of ether oxygens (including phenoxy) is 2. The van der Waals surface area contributed by atoms with Gasteiger partial charge in [-0.2, -0.15) is 0 Å². The van der Waals surface area contributed by atoms with Crippen LogP contribution in [0.15, 0.2) is 18.2 Å². The molecule has 7 heteroatoms. The second kappa shape index (κ2) is 7.36.